The van der Waals surface area contributed by atoms with E-state index in [1.807, 2.05) is 78.5 Å². The molecule has 0 unspecified atom stereocenters. The van der Waals surface area contributed by atoms with Gasteiger partial charge in [0, 0.05) is 29.0 Å². The number of fused-ring (bicyclic) bond motifs is 1. The molecule has 0 aliphatic rings. The highest BCUT2D eigenvalue weighted by molar-refractivity contribution is 5.97. The van der Waals surface area contributed by atoms with E-state index in [0.29, 0.717) is 0 Å². The quantitative estimate of drug-likeness (QED) is 0.428. The third-order valence-corrected chi connectivity index (χ3v) is 4.81. The van der Waals surface area contributed by atoms with Crippen molar-refractivity contribution >= 4 is 10.9 Å². The maximum absolute atomic E-state index is 4.91. The van der Waals surface area contributed by atoms with Gasteiger partial charge in [0.2, 0.25) is 0 Å². The Kier molecular flexibility index (Phi) is 3.95. The first kappa shape index (κ1) is 16.4. The van der Waals surface area contributed by atoms with Gasteiger partial charge in [0.15, 0.2) is 0 Å². The van der Waals surface area contributed by atoms with Crippen molar-refractivity contribution in [3.8, 4) is 28.2 Å². The van der Waals surface area contributed by atoms with Gasteiger partial charge in [0.05, 0.1) is 16.9 Å². The first-order valence-electron chi connectivity index (χ1n) is 9.23. The van der Waals surface area contributed by atoms with Crippen LogP contribution in [-0.4, -0.2) is 19.7 Å². The minimum absolute atomic E-state index is 0.865. The number of rotatable bonds is 3. The van der Waals surface area contributed by atoms with E-state index in [1.165, 1.54) is 0 Å². The largest absolute Gasteiger partial charge is 0.256 e. The fourth-order valence-corrected chi connectivity index (χ4v) is 3.48. The van der Waals surface area contributed by atoms with Crippen LogP contribution in [0.3, 0.4) is 0 Å². The third kappa shape index (κ3) is 2.85. The Labute approximate surface area is 163 Å². The van der Waals surface area contributed by atoms with Gasteiger partial charge in [0.25, 0.3) is 0 Å². The van der Waals surface area contributed by atoms with Gasteiger partial charge in [-0.1, -0.05) is 42.5 Å². The number of aromatic nitrogens is 4. The summed E-state index contributed by atoms with van der Waals surface area (Å²) in [4.78, 5) is 9.23. The van der Waals surface area contributed by atoms with Crippen LogP contribution in [0.5, 0.6) is 0 Å². The Morgan fingerprint density at radius 2 is 1.57 bits per heavy atom. The zero-order valence-electron chi connectivity index (χ0n) is 15.4. The molecule has 3 aromatic heterocycles. The summed E-state index contributed by atoms with van der Waals surface area (Å²) < 4.78 is 1.92. The monoisotopic (exact) mass is 362 g/mol. The highest BCUT2D eigenvalue weighted by Crippen LogP contribution is 2.35. The summed E-state index contributed by atoms with van der Waals surface area (Å²) in [5.74, 6) is 0. The Hall–Kier alpha value is -3.79. The van der Waals surface area contributed by atoms with E-state index in [4.69, 9.17) is 10.1 Å². The average Bonchev–Trinajstić information content (AvgIpc) is 3.19. The second kappa shape index (κ2) is 6.74. The summed E-state index contributed by atoms with van der Waals surface area (Å²) in [5.41, 5.74) is 6.83. The summed E-state index contributed by atoms with van der Waals surface area (Å²) in [5, 5.41) is 6.01. The van der Waals surface area contributed by atoms with Gasteiger partial charge < -0.3 is 0 Å². The lowest BCUT2D eigenvalue weighted by Gasteiger charge is -2.06. The van der Waals surface area contributed by atoms with E-state index in [-0.39, 0.29) is 0 Å². The van der Waals surface area contributed by atoms with Crippen LogP contribution in [0.25, 0.3) is 39.1 Å². The van der Waals surface area contributed by atoms with E-state index in [0.717, 1.165) is 44.8 Å². The second-order valence-electron chi connectivity index (χ2n) is 6.71. The van der Waals surface area contributed by atoms with Gasteiger partial charge in [-0.2, -0.15) is 5.10 Å². The predicted molar refractivity (Wildman–Crippen MR) is 112 cm³/mol. The summed E-state index contributed by atoms with van der Waals surface area (Å²) in [6.45, 7) is 2.00. The van der Waals surface area contributed by atoms with Crippen molar-refractivity contribution < 1.29 is 0 Å². The van der Waals surface area contributed by atoms with E-state index in [9.17, 15) is 0 Å². The van der Waals surface area contributed by atoms with Crippen LogP contribution in [0.4, 0.5) is 0 Å². The first-order chi connectivity index (χ1) is 13.8. The van der Waals surface area contributed by atoms with Crippen molar-refractivity contribution in [2.75, 3.05) is 0 Å². The molecule has 0 N–H and O–H groups in total. The molecule has 0 bridgehead atoms. The molecule has 0 saturated heterocycles. The zero-order chi connectivity index (χ0) is 18.9. The summed E-state index contributed by atoms with van der Waals surface area (Å²) in [6, 6.07) is 26.4. The van der Waals surface area contributed by atoms with Crippen LogP contribution in [0.15, 0.2) is 91.3 Å². The minimum Gasteiger partial charge on any atom is -0.256 e. The van der Waals surface area contributed by atoms with E-state index in [1.54, 1.807) is 0 Å². The molecule has 28 heavy (non-hydrogen) atoms. The standard InChI is InChI=1S/C24H18N4/c1-17-8-7-13-23(26-17)24-21(16-28(27-24)18-9-3-2-4-10-18)19-14-15-25-22-12-6-5-11-20(19)22/h2-16H,1H3. The number of benzene rings is 2. The molecular formula is C24H18N4. The number of hydrogen-bond acceptors (Lipinski definition) is 3. The normalized spacial score (nSPS) is 11.0. The number of aryl methyl sites for hydroxylation is 1. The molecule has 5 rings (SSSR count). The topological polar surface area (TPSA) is 43.6 Å². The maximum atomic E-state index is 4.91. The van der Waals surface area contributed by atoms with Crippen molar-refractivity contribution in [2.45, 2.75) is 6.92 Å². The molecule has 5 aromatic rings. The highest BCUT2D eigenvalue weighted by atomic mass is 15.3. The highest BCUT2D eigenvalue weighted by Gasteiger charge is 2.17. The Morgan fingerprint density at radius 3 is 2.43 bits per heavy atom. The number of pyridine rings is 2. The molecule has 0 radical (unpaired) electrons. The summed E-state index contributed by atoms with van der Waals surface area (Å²) in [6.07, 6.45) is 3.93. The number of hydrogen-bond donors (Lipinski definition) is 0. The molecule has 0 aliphatic carbocycles. The molecule has 4 heteroatoms. The maximum Gasteiger partial charge on any atom is 0.119 e. The van der Waals surface area contributed by atoms with Crippen molar-refractivity contribution in [2.24, 2.45) is 0 Å². The molecule has 0 aliphatic heterocycles. The van der Waals surface area contributed by atoms with Gasteiger partial charge in [-0.25, -0.2) is 4.68 Å². The fourth-order valence-electron chi connectivity index (χ4n) is 3.48. The van der Waals surface area contributed by atoms with Gasteiger partial charge in [0.1, 0.15) is 5.69 Å². The van der Waals surface area contributed by atoms with Crippen LogP contribution in [-0.2, 0) is 0 Å². The Balaban J connectivity index is 1.79. The van der Waals surface area contributed by atoms with E-state index >= 15 is 0 Å². The lowest BCUT2D eigenvalue weighted by atomic mass is 10.0. The molecule has 0 fully saturated rings. The molecule has 4 nitrogen and oxygen atoms in total. The van der Waals surface area contributed by atoms with Gasteiger partial charge in [-0.3, -0.25) is 9.97 Å². The Morgan fingerprint density at radius 1 is 0.750 bits per heavy atom. The molecule has 0 spiro atoms. The van der Waals surface area contributed by atoms with Crippen molar-refractivity contribution in [3.63, 3.8) is 0 Å². The average molecular weight is 362 g/mol. The zero-order valence-corrected chi connectivity index (χ0v) is 15.4. The van der Waals surface area contributed by atoms with Crippen LogP contribution >= 0.6 is 0 Å². The first-order valence-corrected chi connectivity index (χ1v) is 9.23. The molecule has 0 amide bonds. The molecule has 2 aromatic carbocycles. The number of para-hydroxylation sites is 2. The van der Waals surface area contributed by atoms with Crippen LogP contribution in [0.2, 0.25) is 0 Å². The lowest BCUT2D eigenvalue weighted by molar-refractivity contribution is 0.882. The van der Waals surface area contributed by atoms with E-state index < -0.39 is 0 Å². The van der Waals surface area contributed by atoms with Crippen LogP contribution in [0, 0.1) is 6.92 Å². The third-order valence-electron chi connectivity index (χ3n) is 4.81. The van der Waals surface area contributed by atoms with Gasteiger partial charge in [-0.15, -0.1) is 0 Å². The summed E-state index contributed by atoms with van der Waals surface area (Å²) in [7, 11) is 0. The Bertz CT molecular complexity index is 1270. The molecule has 0 atom stereocenters. The second-order valence-corrected chi connectivity index (χ2v) is 6.71. The fraction of sp³-hybridized carbons (Fsp3) is 0.0417. The SMILES string of the molecule is Cc1cccc(-c2nn(-c3ccccc3)cc2-c2ccnc3ccccc23)n1. The minimum atomic E-state index is 0.865. The van der Waals surface area contributed by atoms with Crippen molar-refractivity contribution in [3.05, 3.63) is 97.0 Å². The van der Waals surface area contributed by atoms with E-state index in [2.05, 4.69) is 29.4 Å². The lowest BCUT2D eigenvalue weighted by Crippen LogP contribution is -1.95. The van der Waals surface area contributed by atoms with Crippen LogP contribution < -0.4 is 0 Å². The van der Waals surface area contributed by atoms with Gasteiger partial charge >= 0.3 is 0 Å². The smallest absolute Gasteiger partial charge is 0.119 e. The van der Waals surface area contributed by atoms with Crippen molar-refractivity contribution in [1.29, 1.82) is 0 Å². The molecule has 134 valence electrons. The van der Waals surface area contributed by atoms with Gasteiger partial charge in [-0.05, 0) is 48.9 Å². The molecular weight excluding hydrogens is 344 g/mol. The molecule has 0 saturated carbocycles. The summed E-state index contributed by atoms with van der Waals surface area (Å²) >= 11 is 0. The predicted octanol–water partition coefficient (Wildman–Crippen LogP) is 5.46. The number of nitrogens with zero attached hydrogens (tertiary/aromatic N) is 4. The van der Waals surface area contributed by atoms with Crippen molar-refractivity contribution in [1.82, 2.24) is 19.7 Å². The molecule has 3 heterocycles. The van der Waals surface area contributed by atoms with Crippen LogP contribution in [0.1, 0.15) is 5.69 Å².